The minimum absolute atomic E-state index is 0.409. The van der Waals surface area contributed by atoms with Gasteiger partial charge in [-0.15, -0.1) is 0 Å². The summed E-state index contributed by atoms with van der Waals surface area (Å²) in [5, 5.41) is 9.69. The van der Waals surface area contributed by atoms with Crippen molar-refractivity contribution in [2.24, 2.45) is 0 Å². The SMILES string of the molecule is Cc1cc([SH+]c2ccccc2)cc(C)c1O. The van der Waals surface area contributed by atoms with Gasteiger partial charge in [0.2, 0.25) is 0 Å². The van der Waals surface area contributed by atoms with Gasteiger partial charge in [-0.2, -0.15) is 0 Å². The van der Waals surface area contributed by atoms with E-state index in [1.165, 1.54) is 21.6 Å². The Balaban J connectivity index is 2.29. The topological polar surface area (TPSA) is 20.2 Å². The lowest BCUT2D eigenvalue weighted by atomic mass is 10.1. The van der Waals surface area contributed by atoms with E-state index in [-0.39, 0.29) is 0 Å². The number of phenols is 1. The average molecular weight is 231 g/mol. The van der Waals surface area contributed by atoms with Crippen molar-refractivity contribution in [3.05, 3.63) is 53.6 Å². The van der Waals surface area contributed by atoms with E-state index in [0.29, 0.717) is 5.75 Å². The van der Waals surface area contributed by atoms with Crippen LogP contribution in [0, 0.1) is 13.8 Å². The predicted molar refractivity (Wildman–Crippen MR) is 69.3 cm³/mol. The van der Waals surface area contributed by atoms with Crippen molar-refractivity contribution in [3.8, 4) is 5.75 Å². The average Bonchev–Trinajstić information content (AvgIpc) is 2.27. The lowest BCUT2D eigenvalue weighted by molar-refractivity contribution is 0.466. The van der Waals surface area contributed by atoms with Crippen molar-refractivity contribution in [3.63, 3.8) is 0 Å². The molecule has 0 aliphatic carbocycles. The Morgan fingerprint density at radius 3 is 2.00 bits per heavy atom. The number of aromatic hydroxyl groups is 1. The number of phenolic OH excluding ortho intramolecular Hbond substituents is 1. The van der Waals surface area contributed by atoms with E-state index in [4.69, 9.17) is 0 Å². The van der Waals surface area contributed by atoms with Gasteiger partial charge in [0.15, 0.2) is 9.79 Å². The molecular weight excluding hydrogens is 216 g/mol. The first-order chi connectivity index (χ1) is 7.66. The first kappa shape index (κ1) is 11.1. The summed E-state index contributed by atoms with van der Waals surface area (Å²) in [6.45, 7) is 3.87. The second kappa shape index (κ2) is 4.62. The fourth-order valence-corrected chi connectivity index (χ4v) is 2.78. The van der Waals surface area contributed by atoms with E-state index < -0.39 is 0 Å². The molecular formula is C14H15OS+. The van der Waals surface area contributed by atoms with Gasteiger partial charge in [-0.1, -0.05) is 18.2 Å². The molecule has 2 rings (SSSR count). The Hall–Kier alpha value is -1.41. The Bertz CT molecular complexity index is 468. The Morgan fingerprint density at radius 1 is 0.875 bits per heavy atom. The van der Waals surface area contributed by atoms with Gasteiger partial charge in [-0.05, 0) is 37.1 Å². The summed E-state index contributed by atoms with van der Waals surface area (Å²) >= 11 is 1.18. The molecule has 0 aliphatic heterocycles. The summed E-state index contributed by atoms with van der Waals surface area (Å²) in [7, 11) is 0. The molecule has 0 saturated heterocycles. The molecule has 0 spiro atoms. The van der Waals surface area contributed by atoms with Crippen molar-refractivity contribution < 1.29 is 5.11 Å². The molecule has 0 unspecified atom stereocenters. The van der Waals surface area contributed by atoms with Gasteiger partial charge in [-0.25, -0.2) is 0 Å². The van der Waals surface area contributed by atoms with Gasteiger partial charge in [0.25, 0.3) is 0 Å². The monoisotopic (exact) mass is 231 g/mol. The molecule has 16 heavy (non-hydrogen) atoms. The molecule has 0 heterocycles. The second-order valence-electron chi connectivity index (χ2n) is 3.88. The summed E-state index contributed by atoms with van der Waals surface area (Å²) in [4.78, 5) is 2.49. The van der Waals surface area contributed by atoms with Crippen LogP contribution in [-0.4, -0.2) is 5.11 Å². The summed E-state index contributed by atoms with van der Waals surface area (Å²) in [5.74, 6) is 0.409. The molecule has 0 bridgehead atoms. The molecule has 0 aliphatic rings. The maximum Gasteiger partial charge on any atom is 0.159 e. The van der Waals surface area contributed by atoms with Crippen LogP contribution in [0.25, 0.3) is 0 Å². The lowest BCUT2D eigenvalue weighted by Gasteiger charge is -2.02. The largest absolute Gasteiger partial charge is 0.507 e. The normalized spacial score (nSPS) is 10.4. The number of thiol groups is 1. The van der Waals surface area contributed by atoms with Crippen LogP contribution >= 0.6 is 0 Å². The van der Waals surface area contributed by atoms with Crippen molar-refractivity contribution >= 4 is 11.8 Å². The molecule has 2 aromatic carbocycles. The van der Waals surface area contributed by atoms with Crippen LogP contribution in [0.1, 0.15) is 11.1 Å². The molecule has 0 amide bonds. The van der Waals surface area contributed by atoms with E-state index in [2.05, 4.69) is 12.1 Å². The fraction of sp³-hybridized carbons (Fsp3) is 0.143. The van der Waals surface area contributed by atoms with Gasteiger partial charge < -0.3 is 5.11 Å². The first-order valence-electron chi connectivity index (χ1n) is 5.24. The number of hydrogen-bond acceptors (Lipinski definition) is 1. The van der Waals surface area contributed by atoms with Crippen LogP contribution in [0.4, 0.5) is 0 Å². The first-order valence-corrected chi connectivity index (χ1v) is 6.13. The lowest BCUT2D eigenvalue weighted by Crippen LogP contribution is -1.88. The highest BCUT2D eigenvalue weighted by Gasteiger charge is 2.10. The standard InChI is InChI=1S/C14H14OS/c1-10-8-13(9-11(2)14(10)15)16-12-6-4-3-5-7-12/h3-9,15H,1-2H3/p+1. The van der Waals surface area contributed by atoms with Gasteiger partial charge in [-0.3, -0.25) is 0 Å². The van der Waals surface area contributed by atoms with Crippen LogP contribution in [-0.2, 0) is 11.8 Å². The highest BCUT2D eigenvalue weighted by atomic mass is 32.2. The number of rotatable bonds is 2. The van der Waals surface area contributed by atoms with Gasteiger partial charge in [0, 0.05) is 23.9 Å². The summed E-state index contributed by atoms with van der Waals surface area (Å²) in [5.41, 5.74) is 1.89. The van der Waals surface area contributed by atoms with Crippen LogP contribution in [0.5, 0.6) is 5.75 Å². The molecule has 0 fully saturated rings. The molecule has 0 atom stereocenters. The minimum Gasteiger partial charge on any atom is -0.507 e. The Morgan fingerprint density at radius 2 is 1.44 bits per heavy atom. The second-order valence-corrected chi connectivity index (χ2v) is 5.13. The summed E-state index contributed by atoms with van der Waals surface area (Å²) in [6, 6.07) is 14.4. The summed E-state index contributed by atoms with van der Waals surface area (Å²) < 4.78 is 0. The number of benzene rings is 2. The summed E-state index contributed by atoms with van der Waals surface area (Å²) in [6.07, 6.45) is 0. The maximum absolute atomic E-state index is 9.69. The zero-order chi connectivity index (χ0) is 11.5. The molecule has 82 valence electrons. The van der Waals surface area contributed by atoms with Crippen molar-refractivity contribution in [2.45, 2.75) is 23.6 Å². The zero-order valence-corrected chi connectivity index (χ0v) is 10.3. The van der Waals surface area contributed by atoms with Crippen molar-refractivity contribution in [2.75, 3.05) is 0 Å². The third-order valence-corrected chi connectivity index (χ3v) is 3.56. The zero-order valence-electron chi connectivity index (χ0n) is 9.44. The minimum atomic E-state index is 0.409. The molecule has 1 N–H and O–H groups in total. The van der Waals surface area contributed by atoms with Gasteiger partial charge in [0.1, 0.15) is 5.75 Å². The van der Waals surface area contributed by atoms with E-state index in [1.807, 2.05) is 44.2 Å². The third kappa shape index (κ3) is 2.39. The molecule has 2 aromatic rings. The van der Waals surface area contributed by atoms with Crippen molar-refractivity contribution in [1.29, 1.82) is 0 Å². The highest BCUT2D eigenvalue weighted by Crippen LogP contribution is 2.25. The molecule has 0 saturated carbocycles. The van der Waals surface area contributed by atoms with Crippen LogP contribution in [0.2, 0.25) is 0 Å². The fourth-order valence-electron chi connectivity index (χ4n) is 1.65. The number of aryl methyl sites for hydroxylation is 2. The van der Waals surface area contributed by atoms with Gasteiger partial charge >= 0.3 is 0 Å². The quantitative estimate of drug-likeness (QED) is 0.621. The van der Waals surface area contributed by atoms with E-state index in [1.54, 1.807) is 0 Å². The Labute approximate surface area is 100 Å². The Kier molecular flexibility index (Phi) is 3.20. The van der Waals surface area contributed by atoms with Crippen LogP contribution in [0.15, 0.2) is 52.3 Å². The smallest absolute Gasteiger partial charge is 0.159 e. The number of hydrogen-bond donors (Lipinski definition) is 1. The highest BCUT2D eigenvalue weighted by molar-refractivity contribution is 7.78. The molecule has 0 aromatic heterocycles. The van der Waals surface area contributed by atoms with Crippen LogP contribution < -0.4 is 0 Å². The van der Waals surface area contributed by atoms with E-state index in [9.17, 15) is 5.11 Å². The van der Waals surface area contributed by atoms with Gasteiger partial charge in [0.05, 0.1) is 0 Å². The molecule has 1 nitrogen and oxygen atoms in total. The van der Waals surface area contributed by atoms with E-state index >= 15 is 0 Å². The third-order valence-electron chi connectivity index (χ3n) is 2.49. The van der Waals surface area contributed by atoms with E-state index in [0.717, 1.165) is 11.1 Å². The molecule has 2 heteroatoms. The molecule has 0 radical (unpaired) electrons. The van der Waals surface area contributed by atoms with Crippen molar-refractivity contribution in [1.82, 2.24) is 0 Å². The van der Waals surface area contributed by atoms with Crippen LogP contribution in [0.3, 0.4) is 0 Å². The maximum atomic E-state index is 9.69. The predicted octanol–water partition coefficient (Wildman–Crippen LogP) is 3.24.